The number of amides is 1. The number of ketones is 1. The normalized spacial score (nSPS) is 16.9. The second kappa shape index (κ2) is 9.14. The quantitative estimate of drug-likeness (QED) is 0.123. The number of fused-ring (bicyclic) bond motifs is 1. The van der Waals surface area contributed by atoms with Gasteiger partial charge in [0.05, 0.1) is 33.9 Å². The number of hydrogen-bond donors (Lipinski definition) is 1. The molecule has 1 aliphatic rings. The summed E-state index contributed by atoms with van der Waals surface area (Å²) < 4.78 is 6.02. The smallest absolute Gasteiger partial charge is 0.301 e. The highest BCUT2D eigenvalue weighted by Gasteiger charge is 2.48. The zero-order chi connectivity index (χ0) is 26.4. The second-order valence-electron chi connectivity index (χ2n) is 8.67. The Balaban J connectivity index is 1.72. The lowest BCUT2D eigenvalue weighted by Crippen LogP contribution is -2.29. The van der Waals surface area contributed by atoms with Crippen molar-refractivity contribution in [3.63, 3.8) is 0 Å². The molecule has 1 amide bonds. The van der Waals surface area contributed by atoms with E-state index in [1.807, 2.05) is 26.0 Å². The molecule has 1 unspecified atom stereocenters. The minimum absolute atomic E-state index is 0.129. The van der Waals surface area contributed by atoms with Gasteiger partial charge in [-0.05, 0) is 73.0 Å². The summed E-state index contributed by atoms with van der Waals surface area (Å²) in [6.07, 6.45) is 0. The number of carbonyl (C=O) groups is 2. The highest BCUT2D eigenvalue weighted by Crippen LogP contribution is 2.45. The number of aliphatic hydroxyl groups excluding tert-OH is 1. The minimum Gasteiger partial charge on any atom is -0.507 e. The van der Waals surface area contributed by atoms with Crippen LogP contribution in [0.3, 0.4) is 0 Å². The Kier molecular flexibility index (Phi) is 5.96. The van der Waals surface area contributed by atoms with Crippen LogP contribution in [0.15, 0.2) is 66.2 Å². The molecule has 0 aliphatic carbocycles. The first kappa shape index (κ1) is 24.1. The van der Waals surface area contributed by atoms with E-state index >= 15 is 0 Å². The molecule has 0 spiro atoms. The fraction of sp³-hybridized carbons (Fsp3) is 0.148. The van der Waals surface area contributed by atoms with E-state index in [-0.39, 0.29) is 17.0 Å². The molecule has 0 saturated carbocycles. The van der Waals surface area contributed by atoms with E-state index in [1.165, 1.54) is 47.6 Å². The van der Waals surface area contributed by atoms with Crippen LogP contribution in [0.1, 0.15) is 28.3 Å². The maximum atomic E-state index is 13.4. The Hall–Kier alpha value is -4.57. The third kappa shape index (κ3) is 4.11. The molecule has 4 aromatic rings. The van der Waals surface area contributed by atoms with Crippen molar-refractivity contribution in [1.29, 1.82) is 0 Å². The molecule has 9 nitrogen and oxygen atoms in total. The number of nitro benzene ring substituents is 1. The average molecular weight is 516 g/mol. The van der Waals surface area contributed by atoms with Gasteiger partial charge in [0.1, 0.15) is 11.5 Å². The molecule has 1 aliphatic heterocycles. The molecular formula is C27H21N3O6S. The number of hydrogen-bond acceptors (Lipinski definition) is 8. The summed E-state index contributed by atoms with van der Waals surface area (Å²) in [5, 5.41) is 22.8. The van der Waals surface area contributed by atoms with Crippen LogP contribution >= 0.6 is 11.3 Å². The number of non-ortho nitro benzene ring substituents is 1. The average Bonchev–Trinajstić information content (AvgIpc) is 3.42. The van der Waals surface area contributed by atoms with E-state index in [0.717, 1.165) is 15.8 Å². The van der Waals surface area contributed by atoms with Crippen molar-refractivity contribution in [3.05, 3.63) is 98.6 Å². The molecule has 1 N–H and O–H groups in total. The van der Waals surface area contributed by atoms with E-state index in [0.29, 0.717) is 27.5 Å². The summed E-state index contributed by atoms with van der Waals surface area (Å²) in [4.78, 5) is 43.4. The third-order valence-electron chi connectivity index (χ3n) is 6.25. The van der Waals surface area contributed by atoms with Gasteiger partial charge in [0.2, 0.25) is 0 Å². The summed E-state index contributed by atoms with van der Waals surface area (Å²) in [7, 11) is 1.51. The number of nitrogens with zero attached hydrogens (tertiary/aromatic N) is 3. The predicted molar refractivity (Wildman–Crippen MR) is 140 cm³/mol. The molecule has 186 valence electrons. The van der Waals surface area contributed by atoms with Gasteiger partial charge in [0.25, 0.3) is 11.5 Å². The first-order chi connectivity index (χ1) is 17.7. The molecule has 2 heterocycles. The highest BCUT2D eigenvalue weighted by atomic mass is 32.1. The number of methoxy groups -OCH3 is 1. The summed E-state index contributed by atoms with van der Waals surface area (Å²) in [6.45, 7) is 3.88. The molecule has 0 radical (unpaired) electrons. The summed E-state index contributed by atoms with van der Waals surface area (Å²) in [6, 6.07) is 14.9. The molecule has 3 aromatic carbocycles. The Morgan fingerprint density at radius 1 is 1.08 bits per heavy atom. The van der Waals surface area contributed by atoms with Gasteiger partial charge in [-0.3, -0.25) is 24.6 Å². The van der Waals surface area contributed by atoms with Crippen LogP contribution < -0.4 is 9.64 Å². The topological polar surface area (TPSA) is 123 Å². The number of Topliss-reactive ketones (excluding diaryl/α,β-unsaturated/α-hetero) is 1. The van der Waals surface area contributed by atoms with Gasteiger partial charge in [-0.1, -0.05) is 17.4 Å². The number of rotatable bonds is 5. The standard InChI is InChI=1S/C27H21N3O6S/c1-14-12-15(2)22-20(13-14)37-27(28-22)29-23(16-4-8-18(9-5-16)30(34)35)21(25(32)26(29)33)24(31)17-6-10-19(36-3)11-7-17/h4-13,23,31H,1-3H3. The lowest BCUT2D eigenvalue weighted by atomic mass is 9.95. The SMILES string of the molecule is COc1ccc(C(O)=C2C(=O)C(=O)N(c3nc4c(C)cc(C)cc4s3)C2c2ccc([N+](=O)[O-])cc2)cc1. The van der Waals surface area contributed by atoms with Crippen molar-refractivity contribution >= 4 is 49.8 Å². The van der Waals surface area contributed by atoms with E-state index in [2.05, 4.69) is 4.98 Å². The fourth-order valence-corrected chi connectivity index (χ4v) is 5.66. The number of aromatic nitrogens is 1. The van der Waals surface area contributed by atoms with Crippen LogP contribution in [0.4, 0.5) is 10.8 Å². The lowest BCUT2D eigenvalue weighted by molar-refractivity contribution is -0.384. The predicted octanol–water partition coefficient (Wildman–Crippen LogP) is 5.46. The summed E-state index contributed by atoms with van der Waals surface area (Å²) in [5.41, 5.74) is 3.16. The van der Waals surface area contributed by atoms with Crippen LogP contribution in [0.5, 0.6) is 5.75 Å². The van der Waals surface area contributed by atoms with Crippen LogP contribution in [-0.4, -0.2) is 33.8 Å². The molecule has 1 saturated heterocycles. The summed E-state index contributed by atoms with van der Waals surface area (Å²) >= 11 is 1.26. The molecule has 1 fully saturated rings. The van der Waals surface area contributed by atoms with Crippen LogP contribution in [0.2, 0.25) is 0 Å². The number of thiazole rings is 1. The van der Waals surface area contributed by atoms with Crippen molar-refractivity contribution < 1.29 is 24.4 Å². The number of ether oxygens (including phenoxy) is 1. The van der Waals surface area contributed by atoms with Crippen molar-refractivity contribution in [2.24, 2.45) is 0 Å². The minimum atomic E-state index is -1.04. The van der Waals surface area contributed by atoms with Crippen molar-refractivity contribution in [1.82, 2.24) is 4.98 Å². The second-order valence-corrected chi connectivity index (χ2v) is 9.68. The van der Waals surface area contributed by atoms with Crippen LogP contribution in [0.25, 0.3) is 16.0 Å². The van der Waals surface area contributed by atoms with Gasteiger partial charge in [0.15, 0.2) is 5.13 Å². The number of nitro groups is 1. The summed E-state index contributed by atoms with van der Waals surface area (Å²) in [5.74, 6) is -1.51. The molecule has 1 aromatic heterocycles. The van der Waals surface area contributed by atoms with E-state index < -0.39 is 22.7 Å². The Morgan fingerprint density at radius 2 is 1.76 bits per heavy atom. The Labute approximate surface area is 215 Å². The van der Waals surface area contributed by atoms with Crippen molar-refractivity contribution in [3.8, 4) is 5.75 Å². The maximum Gasteiger partial charge on any atom is 0.301 e. The fourth-order valence-electron chi connectivity index (χ4n) is 4.49. The van der Waals surface area contributed by atoms with Gasteiger partial charge < -0.3 is 9.84 Å². The number of anilines is 1. The van der Waals surface area contributed by atoms with Crippen molar-refractivity contribution in [2.45, 2.75) is 19.9 Å². The number of aliphatic hydroxyl groups is 1. The van der Waals surface area contributed by atoms with E-state index in [1.54, 1.807) is 24.3 Å². The molecule has 1 atom stereocenters. The zero-order valence-corrected chi connectivity index (χ0v) is 20.9. The largest absolute Gasteiger partial charge is 0.507 e. The lowest BCUT2D eigenvalue weighted by Gasteiger charge is -2.22. The number of aryl methyl sites for hydroxylation is 2. The van der Waals surface area contributed by atoms with Crippen molar-refractivity contribution in [2.75, 3.05) is 12.0 Å². The number of carbonyl (C=O) groups excluding carboxylic acids is 2. The van der Waals surface area contributed by atoms with E-state index in [9.17, 15) is 24.8 Å². The molecule has 0 bridgehead atoms. The maximum absolute atomic E-state index is 13.4. The number of benzene rings is 3. The molecule has 10 heteroatoms. The van der Waals surface area contributed by atoms with Gasteiger partial charge in [0, 0.05) is 17.7 Å². The van der Waals surface area contributed by atoms with Gasteiger partial charge >= 0.3 is 5.91 Å². The van der Waals surface area contributed by atoms with E-state index in [4.69, 9.17) is 4.74 Å². The van der Waals surface area contributed by atoms with Crippen LogP contribution in [0, 0.1) is 24.0 Å². The monoisotopic (exact) mass is 515 g/mol. The van der Waals surface area contributed by atoms with Gasteiger partial charge in [-0.15, -0.1) is 0 Å². The zero-order valence-electron chi connectivity index (χ0n) is 20.1. The Bertz CT molecular complexity index is 1610. The molecular weight excluding hydrogens is 494 g/mol. The van der Waals surface area contributed by atoms with Gasteiger partial charge in [-0.25, -0.2) is 4.98 Å². The first-order valence-corrected chi connectivity index (χ1v) is 12.1. The molecule has 37 heavy (non-hydrogen) atoms. The van der Waals surface area contributed by atoms with Crippen LogP contribution in [-0.2, 0) is 9.59 Å². The molecule has 5 rings (SSSR count). The Morgan fingerprint density at radius 3 is 2.38 bits per heavy atom. The van der Waals surface area contributed by atoms with Gasteiger partial charge in [-0.2, -0.15) is 0 Å². The highest BCUT2D eigenvalue weighted by molar-refractivity contribution is 7.22. The third-order valence-corrected chi connectivity index (χ3v) is 7.25. The first-order valence-electron chi connectivity index (χ1n) is 11.3.